The fourth-order valence-corrected chi connectivity index (χ4v) is 6.77. The van der Waals surface area contributed by atoms with Crippen LogP contribution in [0.3, 0.4) is 0 Å². The summed E-state index contributed by atoms with van der Waals surface area (Å²) in [7, 11) is -2.24. The maximum Gasteiger partial charge on any atom is 0.341 e. The quantitative estimate of drug-likeness (QED) is 0.497. The van der Waals surface area contributed by atoms with E-state index in [2.05, 4.69) is 10.6 Å². The molecule has 0 saturated carbocycles. The largest absolute Gasteiger partial charge is 0.465 e. The molecule has 166 valence electrons. The van der Waals surface area contributed by atoms with E-state index in [1.54, 1.807) is 24.3 Å². The number of thiophene rings is 1. The van der Waals surface area contributed by atoms with Gasteiger partial charge in [-0.05, 0) is 55.2 Å². The Labute approximate surface area is 190 Å². The highest BCUT2D eigenvalue weighted by Crippen LogP contribution is 2.39. The van der Waals surface area contributed by atoms with E-state index in [0.29, 0.717) is 42.6 Å². The smallest absolute Gasteiger partial charge is 0.341 e. The highest BCUT2D eigenvalue weighted by Gasteiger charge is 2.28. The minimum Gasteiger partial charge on any atom is -0.465 e. The Bertz CT molecular complexity index is 1110. The van der Waals surface area contributed by atoms with E-state index in [9.17, 15) is 13.2 Å². The van der Waals surface area contributed by atoms with Gasteiger partial charge in [0.05, 0.1) is 30.8 Å². The van der Waals surface area contributed by atoms with Crippen LogP contribution in [0.1, 0.15) is 27.2 Å². The minimum absolute atomic E-state index is 0.188. The number of methoxy groups -OCH3 is 1. The third-order valence-corrected chi connectivity index (χ3v) is 8.54. The fourth-order valence-electron chi connectivity index (χ4n) is 3.75. The summed E-state index contributed by atoms with van der Waals surface area (Å²) in [5.74, 6) is -0.386. The first kappa shape index (κ1) is 22.2. The molecule has 1 aliphatic carbocycles. The lowest BCUT2D eigenvalue weighted by Crippen LogP contribution is -2.40. The van der Waals surface area contributed by atoms with Crippen molar-refractivity contribution in [3.63, 3.8) is 0 Å². The lowest BCUT2D eigenvalue weighted by molar-refractivity contribution is 0.0601. The number of thiocarbonyl (C=S) groups is 1. The molecule has 4 rings (SSSR count). The molecular formula is C20H23N3O5S3. The number of carbonyl (C=O) groups is 1. The lowest BCUT2D eigenvalue weighted by atomic mass is 10.1. The van der Waals surface area contributed by atoms with Crippen LogP contribution in [0.25, 0.3) is 0 Å². The number of ether oxygens (including phenoxy) is 2. The van der Waals surface area contributed by atoms with Crippen molar-refractivity contribution in [3.8, 4) is 0 Å². The monoisotopic (exact) mass is 481 g/mol. The van der Waals surface area contributed by atoms with Crippen LogP contribution in [-0.4, -0.2) is 57.2 Å². The molecule has 2 heterocycles. The fraction of sp³-hybridized carbons (Fsp3) is 0.400. The maximum absolute atomic E-state index is 12.9. The SMILES string of the molecule is COC(=O)c1c(NC(=S)Nc2cccc(S(=O)(=O)N3CCOCC3)c2)sc2c1CCC2. The summed E-state index contributed by atoms with van der Waals surface area (Å²) in [6.07, 6.45) is 2.81. The molecule has 0 spiro atoms. The van der Waals surface area contributed by atoms with Gasteiger partial charge in [0.25, 0.3) is 0 Å². The number of benzene rings is 1. The van der Waals surface area contributed by atoms with Gasteiger partial charge in [-0.2, -0.15) is 4.31 Å². The van der Waals surface area contributed by atoms with Crippen molar-refractivity contribution < 1.29 is 22.7 Å². The molecule has 2 aromatic rings. The van der Waals surface area contributed by atoms with Gasteiger partial charge in [-0.3, -0.25) is 0 Å². The normalized spacial score (nSPS) is 16.5. The van der Waals surface area contributed by atoms with Crippen LogP contribution < -0.4 is 10.6 Å². The molecule has 1 saturated heterocycles. The third kappa shape index (κ3) is 4.60. The summed E-state index contributed by atoms with van der Waals surface area (Å²) >= 11 is 6.93. The molecule has 0 radical (unpaired) electrons. The zero-order valence-corrected chi connectivity index (χ0v) is 19.4. The Kier molecular flexibility index (Phi) is 6.58. The van der Waals surface area contributed by atoms with Gasteiger partial charge in [0.15, 0.2) is 5.11 Å². The zero-order chi connectivity index (χ0) is 22.0. The van der Waals surface area contributed by atoms with Gasteiger partial charge in [0, 0.05) is 23.7 Å². The van der Waals surface area contributed by atoms with Crippen LogP contribution in [0, 0.1) is 0 Å². The average Bonchev–Trinajstić information content (AvgIpc) is 3.35. The van der Waals surface area contributed by atoms with Crippen molar-refractivity contribution in [1.82, 2.24) is 4.31 Å². The van der Waals surface area contributed by atoms with Crippen molar-refractivity contribution in [1.29, 1.82) is 0 Å². The molecule has 2 N–H and O–H groups in total. The number of carbonyl (C=O) groups excluding carboxylic acids is 1. The van der Waals surface area contributed by atoms with Crippen molar-refractivity contribution in [2.45, 2.75) is 24.2 Å². The molecule has 1 aromatic heterocycles. The van der Waals surface area contributed by atoms with Gasteiger partial charge >= 0.3 is 5.97 Å². The number of aryl methyl sites for hydroxylation is 1. The first-order chi connectivity index (χ1) is 14.9. The first-order valence-electron chi connectivity index (χ1n) is 9.89. The number of hydrogen-bond donors (Lipinski definition) is 2. The molecule has 0 unspecified atom stereocenters. The average molecular weight is 482 g/mol. The number of nitrogens with zero attached hydrogens (tertiary/aromatic N) is 1. The number of rotatable bonds is 5. The second-order valence-electron chi connectivity index (χ2n) is 7.18. The predicted octanol–water partition coefficient (Wildman–Crippen LogP) is 2.85. The molecule has 0 bridgehead atoms. The third-order valence-electron chi connectivity index (χ3n) is 5.24. The Morgan fingerprint density at radius 3 is 2.74 bits per heavy atom. The molecule has 0 amide bonds. The van der Waals surface area contributed by atoms with E-state index < -0.39 is 10.0 Å². The molecule has 31 heavy (non-hydrogen) atoms. The van der Waals surface area contributed by atoms with E-state index in [1.807, 2.05) is 0 Å². The molecule has 2 aliphatic rings. The van der Waals surface area contributed by atoms with E-state index in [0.717, 1.165) is 24.8 Å². The second-order valence-corrected chi connectivity index (χ2v) is 10.6. The molecule has 1 fully saturated rings. The van der Waals surface area contributed by atoms with Gasteiger partial charge < -0.3 is 20.1 Å². The number of sulfonamides is 1. The Balaban J connectivity index is 1.50. The Morgan fingerprint density at radius 1 is 1.23 bits per heavy atom. The summed E-state index contributed by atoms with van der Waals surface area (Å²) in [5.41, 5.74) is 2.10. The summed E-state index contributed by atoms with van der Waals surface area (Å²) in [6, 6.07) is 6.51. The highest BCUT2D eigenvalue weighted by molar-refractivity contribution is 7.89. The first-order valence-corrected chi connectivity index (χ1v) is 12.6. The second kappa shape index (κ2) is 9.21. The Morgan fingerprint density at radius 2 is 2.00 bits per heavy atom. The van der Waals surface area contributed by atoms with Crippen LogP contribution in [-0.2, 0) is 32.3 Å². The van der Waals surface area contributed by atoms with E-state index in [1.165, 1.54) is 27.6 Å². The molecule has 8 nitrogen and oxygen atoms in total. The van der Waals surface area contributed by atoms with Crippen molar-refractivity contribution in [3.05, 3.63) is 40.3 Å². The Hall–Kier alpha value is -2.05. The van der Waals surface area contributed by atoms with Gasteiger partial charge in [0.1, 0.15) is 5.00 Å². The molecule has 0 atom stereocenters. The summed E-state index contributed by atoms with van der Waals surface area (Å²) < 4.78 is 37.4. The maximum atomic E-state index is 12.9. The highest BCUT2D eigenvalue weighted by atomic mass is 32.2. The van der Waals surface area contributed by atoms with Crippen molar-refractivity contribution in [2.75, 3.05) is 44.0 Å². The number of morpholine rings is 1. The number of fused-ring (bicyclic) bond motifs is 1. The molecule has 1 aromatic carbocycles. The number of anilines is 2. The van der Waals surface area contributed by atoms with E-state index in [-0.39, 0.29) is 16.0 Å². The lowest BCUT2D eigenvalue weighted by Gasteiger charge is -2.26. The standard InChI is InChI=1S/C20H23N3O5S3/c1-27-19(24)17-15-6-3-7-16(15)30-18(17)22-20(29)21-13-4-2-5-14(12-13)31(25,26)23-8-10-28-11-9-23/h2,4-5,12H,3,6-11H2,1H3,(H2,21,22,29). The zero-order valence-electron chi connectivity index (χ0n) is 17.0. The van der Waals surface area contributed by atoms with Gasteiger partial charge in [-0.25, -0.2) is 13.2 Å². The van der Waals surface area contributed by atoms with Gasteiger partial charge in [0.2, 0.25) is 10.0 Å². The van der Waals surface area contributed by atoms with Crippen LogP contribution in [0.4, 0.5) is 10.7 Å². The topological polar surface area (TPSA) is 97.0 Å². The van der Waals surface area contributed by atoms with Gasteiger partial charge in [-0.1, -0.05) is 6.07 Å². The van der Waals surface area contributed by atoms with E-state index in [4.69, 9.17) is 21.7 Å². The molecular weight excluding hydrogens is 458 g/mol. The number of esters is 1. The summed E-state index contributed by atoms with van der Waals surface area (Å²) in [5, 5.41) is 7.02. The predicted molar refractivity (Wildman–Crippen MR) is 124 cm³/mol. The number of hydrogen-bond acceptors (Lipinski definition) is 7. The van der Waals surface area contributed by atoms with Crippen molar-refractivity contribution in [2.24, 2.45) is 0 Å². The van der Waals surface area contributed by atoms with Crippen LogP contribution in [0.2, 0.25) is 0 Å². The van der Waals surface area contributed by atoms with Crippen LogP contribution >= 0.6 is 23.6 Å². The van der Waals surface area contributed by atoms with E-state index >= 15 is 0 Å². The molecule has 11 heteroatoms. The number of nitrogens with one attached hydrogen (secondary N) is 2. The molecule has 1 aliphatic heterocycles. The van der Waals surface area contributed by atoms with Crippen LogP contribution in [0.5, 0.6) is 0 Å². The minimum atomic E-state index is -3.61. The van der Waals surface area contributed by atoms with Crippen LogP contribution in [0.15, 0.2) is 29.2 Å². The van der Waals surface area contributed by atoms with Crippen molar-refractivity contribution >= 4 is 55.3 Å². The van der Waals surface area contributed by atoms with Gasteiger partial charge in [-0.15, -0.1) is 11.3 Å². The summed E-state index contributed by atoms with van der Waals surface area (Å²) in [4.78, 5) is 13.7. The summed E-state index contributed by atoms with van der Waals surface area (Å²) in [6.45, 7) is 1.44.